The van der Waals surface area contributed by atoms with Crippen molar-refractivity contribution in [2.45, 2.75) is 40.2 Å². The van der Waals surface area contributed by atoms with Gasteiger partial charge in [0.2, 0.25) is 5.91 Å². The Balaban J connectivity index is 0. The van der Waals surface area contributed by atoms with E-state index in [-0.39, 0.29) is 48.7 Å². The SMILES string of the molecule is Cc1cccc(C)c1NCC(=O)NC(C)(CN)C(C)C.Cl.Cl. The summed E-state index contributed by atoms with van der Waals surface area (Å²) in [6.45, 7) is 10.9. The van der Waals surface area contributed by atoms with Crippen LogP contribution in [-0.2, 0) is 4.79 Å². The molecule has 0 heterocycles. The number of carbonyl (C=O) groups excluding carboxylic acids is 1. The van der Waals surface area contributed by atoms with Gasteiger partial charge in [-0.2, -0.15) is 0 Å². The number of carbonyl (C=O) groups is 1. The largest absolute Gasteiger partial charge is 0.376 e. The number of halogens is 2. The molecule has 4 N–H and O–H groups in total. The summed E-state index contributed by atoms with van der Waals surface area (Å²) in [6, 6.07) is 6.08. The van der Waals surface area contributed by atoms with Gasteiger partial charge in [0.25, 0.3) is 0 Å². The lowest BCUT2D eigenvalue weighted by molar-refractivity contribution is -0.121. The number of nitrogens with two attached hydrogens (primary N) is 1. The van der Waals surface area contributed by atoms with E-state index >= 15 is 0 Å². The Morgan fingerprint density at radius 3 is 2.14 bits per heavy atom. The zero-order valence-corrected chi connectivity index (χ0v) is 15.7. The van der Waals surface area contributed by atoms with Gasteiger partial charge in [-0.1, -0.05) is 32.0 Å². The van der Waals surface area contributed by atoms with Crippen LogP contribution in [-0.4, -0.2) is 24.5 Å². The fraction of sp³-hybridized carbons (Fsp3) is 0.562. The van der Waals surface area contributed by atoms with E-state index in [1.165, 1.54) is 0 Å². The van der Waals surface area contributed by atoms with Crippen LogP contribution in [0.2, 0.25) is 0 Å². The van der Waals surface area contributed by atoms with Crippen molar-refractivity contribution < 1.29 is 4.79 Å². The quantitative estimate of drug-likeness (QED) is 0.739. The molecule has 22 heavy (non-hydrogen) atoms. The predicted octanol–water partition coefficient (Wildman–Crippen LogP) is 3.05. The molecule has 1 rings (SSSR count). The Bertz CT molecular complexity index is 460. The second-order valence-electron chi connectivity index (χ2n) is 5.94. The summed E-state index contributed by atoms with van der Waals surface area (Å²) in [5.41, 5.74) is 8.73. The minimum absolute atomic E-state index is 0. The van der Waals surface area contributed by atoms with E-state index in [0.29, 0.717) is 6.54 Å². The maximum Gasteiger partial charge on any atom is 0.239 e. The summed E-state index contributed by atoms with van der Waals surface area (Å²) in [4.78, 5) is 12.1. The first kappa shape index (κ1) is 23.3. The number of anilines is 1. The first-order valence-electron chi connectivity index (χ1n) is 7.11. The second kappa shape index (κ2) is 9.93. The van der Waals surface area contributed by atoms with E-state index < -0.39 is 0 Å². The zero-order valence-electron chi connectivity index (χ0n) is 14.0. The van der Waals surface area contributed by atoms with Crippen molar-refractivity contribution in [2.75, 3.05) is 18.4 Å². The number of benzene rings is 1. The van der Waals surface area contributed by atoms with Crippen molar-refractivity contribution in [3.8, 4) is 0 Å². The van der Waals surface area contributed by atoms with Crippen LogP contribution in [0.15, 0.2) is 18.2 Å². The number of aryl methyl sites for hydroxylation is 2. The summed E-state index contributed by atoms with van der Waals surface area (Å²) in [5.74, 6) is 0.256. The Morgan fingerprint density at radius 2 is 1.73 bits per heavy atom. The Hall–Kier alpha value is -0.970. The first-order chi connectivity index (χ1) is 9.30. The molecule has 1 aromatic rings. The summed E-state index contributed by atoms with van der Waals surface area (Å²) in [5, 5.41) is 6.24. The van der Waals surface area contributed by atoms with Gasteiger partial charge in [0.1, 0.15) is 0 Å². The minimum atomic E-state index is -0.362. The Morgan fingerprint density at radius 1 is 1.23 bits per heavy atom. The average Bonchev–Trinajstić information content (AvgIpc) is 2.37. The third-order valence-electron chi connectivity index (χ3n) is 4.03. The molecule has 0 aromatic heterocycles. The van der Waals surface area contributed by atoms with Crippen LogP contribution in [0.4, 0.5) is 5.69 Å². The van der Waals surface area contributed by atoms with Gasteiger partial charge >= 0.3 is 0 Å². The molecule has 6 heteroatoms. The molecule has 1 atom stereocenters. The highest BCUT2D eigenvalue weighted by Gasteiger charge is 2.28. The van der Waals surface area contributed by atoms with Crippen LogP contribution >= 0.6 is 24.8 Å². The molecule has 0 radical (unpaired) electrons. The smallest absolute Gasteiger partial charge is 0.239 e. The van der Waals surface area contributed by atoms with Crippen molar-refractivity contribution in [3.63, 3.8) is 0 Å². The van der Waals surface area contributed by atoms with Crippen LogP contribution < -0.4 is 16.4 Å². The summed E-state index contributed by atoms with van der Waals surface area (Å²) in [6.07, 6.45) is 0. The number of nitrogens with one attached hydrogen (secondary N) is 2. The van der Waals surface area contributed by atoms with Crippen molar-refractivity contribution in [1.82, 2.24) is 5.32 Å². The normalized spacial score (nSPS) is 12.7. The molecule has 1 amide bonds. The maximum atomic E-state index is 12.1. The highest BCUT2D eigenvalue weighted by atomic mass is 35.5. The van der Waals surface area contributed by atoms with Gasteiger partial charge < -0.3 is 16.4 Å². The molecule has 0 spiro atoms. The van der Waals surface area contributed by atoms with Crippen molar-refractivity contribution in [1.29, 1.82) is 0 Å². The third kappa shape index (κ3) is 6.03. The minimum Gasteiger partial charge on any atom is -0.376 e. The molecule has 0 fully saturated rings. The lowest BCUT2D eigenvalue weighted by Crippen LogP contribution is -2.56. The Labute approximate surface area is 146 Å². The third-order valence-corrected chi connectivity index (χ3v) is 4.03. The van der Waals surface area contributed by atoms with Gasteiger partial charge in [-0.15, -0.1) is 24.8 Å². The fourth-order valence-electron chi connectivity index (χ4n) is 2.06. The fourth-order valence-corrected chi connectivity index (χ4v) is 2.06. The number of hydrogen-bond donors (Lipinski definition) is 3. The van der Waals surface area contributed by atoms with E-state index in [0.717, 1.165) is 16.8 Å². The maximum absolute atomic E-state index is 12.1. The second-order valence-corrected chi connectivity index (χ2v) is 5.94. The van der Waals surface area contributed by atoms with Gasteiger partial charge in [0.05, 0.1) is 12.1 Å². The average molecular weight is 350 g/mol. The summed E-state index contributed by atoms with van der Waals surface area (Å²) >= 11 is 0. The topological polar surface area (TPSA) is 67.2 Å². The van der Waals surface area contributed by atoms with E-state index in [1.54, 1.807) is 0 Å². The van der Waals surface area contributed by atoms with Crippen LogP contribution in [0.25, 0.3) is 0 Å². The van der Waals surface area contributed by atoms with E-state index in [9.17, 15) is 4.79 Å². The number of rotatable bonds is 6. The van der Waals surface area contributed by atoms with Crippen molar-refractivity contribution in [3.05, 3.63) is 29.3 Å². The lowest BCUT2D eigenvalue weighted by Gasteiger charge is -2.33. The molecular weight excluding hydrogens is 321 g/mol. The van der Waals surface area contributed by atoms with Crippen molar-refractivity contribution >= 4 is 36.4 Å². The van der Waals surface area contributed by atoms with Crippen LogP contribution in [0.3, 0.4) is 0 Å². The predicted molar refractivity (Wildman–Crippen MR) is 99.3 cm³/mol. The van der Waals surface area contributed by atoms with Gasteiger partial charge in [-0.3, -0.25) is 4.79 Å². The molecule has 1 aromatic carbocycles. The lowest BCUT2D eigenvalue weighted by atomic mass is 9.88. The number of amides is 1. The number of hydrogen-bond acceptors (Lipinski definition) is 3. The molecule has 0 saturated heterocycles. The van der Waals surface area contributed by atoms with Crippen LogP contribution in [0.5, 0.6) is 0 Å². The van der Waals surface area contributed by atoms with Gasteiger partial charge in [0.15, 0.2) is 0 Å². The van der Waals surface area contributed by atoms with Crippen LogP contribution in [0.1, 0.15) is 31.9 Å². The molecule has 128 valence electrons. The molecule has 1 unspecified atom stereocenters. The first-order valence-corrected chi connectivity index (χ1v) is 7.11. The highest BCUT2D eigenvalue weighted by Crippen LogP contribution is 2.19. The standard InChI is InChI=1S/C16H27N3O.2ClH/c1-11(2)16(5,10-17)19-14(20)9-18-15-12(3)7-6-8-13(15)4;;/h6-8,11,18H,9-10,17H2,1-5H3,(H,19,20);2*1H. The molecule has 0 bridgehead atoms. The van der Waals surface area contributed by atoms with Gasteiger partial charge in [0, 0.05) is 12.2 Å². The molecular formula is C16H29Cl2N3O. The Kier molecular flexibility index (Phi) is 10.5. The number of para-hydroxylation sites is 1. The molecule has 0 aliphatic rings. The summed E-state index contributed by atoms with van der Waals surface area (Å²) < 4.78 is 0. The van der Waals surface area contributed by atoms with Crippen LogP contribution in [0, 0.1) is 19.8 Å². The van der Waals surface area contributed by atoms with E-state index in [2.05, 4.69) is 24.5 Å². The molecule has 4 nitrogen and oxygen atoms in total. The van der Waals surface area contributed by atoms with Crippen molar-refractivity contribution in [2.24, 2.45) is 11.7 Å². The zero-order chi connectivity index (χ0) is 15.3. The summed E-state index contributed by atoms with van der Waals surface area (Å²) in [7, 11) is 0. The molecule has 0 aliphatic heterocycles. The molecule has 0 aliphatic carbocycles. The van der Waals surface area contributed by atoms with Gasteiger partial charge in [-0.05, 0) is 37.8 Å². The highest BCUT2D eigenvalue weighted by molar-refractivity contribution is 5.85. The molecule has 0 saturated carbocycles. The van der Waals surface area contributed by atoms with Gasteiger partial charge in [-0.25, -0.2) is 0 Å². The van der Waals surface area contributed by atoms with E-state index in [4.69, 9.17) is 5.73 Å². The monoisotopic (exact) mass is 349 g/mol. The van der Waals surface area contributed by atoms with E-state index in [1.807, 2.05) is 39.0 Å².